The van der Waals surface area contributed by atoms with E-state index in [-0.39, 0.29) is 24.2 Å². The molecule has 1 spiro atoms. The summed E-state index contributed by atoms with van der Waals surface area (Å²) in [6, 6.07) is 12.7. The van der Waals surface area contributed by atoms with Crippen molar-refractivity contribution in [3.8, 4) is 11.1 Å². The van der Waals surface area contributed by atoms with Gasteiger partial charge in [0.2, 0.25) is 5.91 Å². The second kappa shape index (κ2) is 7.89. The third-order valence-corrected chi connectivity index (χ3v) is 6.11. The second-order valence-electron chi connectivity index (χ2n) is 8.08. The summed E-state index contributed by atoms with van der Waals surface area (Å²) in [4.78, 5) is 39.0. The maximum absolute atomic E-state index is 13.5. The number of rotatable bonds is 4. The Morgan fingerprint density at radius 1 is 1.17 bits per heavy atom. The molecule has 1 aliphatic carbocycles. The van der Waals surface area contributed by atoms with Crippen LogP contribution in [0.1, 0.15) is 32.6 Å². The Bertz CT molecular complexity index is 1010. The molecule has 156 valence electrons. The van der Waals surface area contributed by atoms with Crippen LogP contribution >= 0.6 is 0 Å². The zero-order valence-corrected chi connectivity index (χ0v) is 16.8. The standard InChI is InChI=1S/C23H24FN3O3/c1-15-6-2-3-11-23(15)21(29)27(22(30)26-23)14-20(28)25-19-10-5-8-17(13-19)16-7-4-9-18(24)12-16/h4-5,7-10,12-13,15H,2-3,6,11,14H2,1H3,(H,25,28)(H,26,30)/t15-,23-/m1/s1. The van der Waals surface area contributed by atoms with Crippen molar-refractivity contribution in [2.75, 3.05) is 11.9 Å². The smallest absolute Gasteiger partial charge is 0.325 e. The van der Waals surface area contributed by atoms with Gasteiger partial charge in [-0.05, 0) is 54.2 Å². The first kappa shape index (κ1) is 20.1. The van der Waals surface area contributed by atoms with Gasteiger partial charge in [0.25, 0.3) is 5.91 Å². The van der Waals surface area contributed by atoms with Gasteiger partial charge in [-0.3, -0.25) is 14.5 Å². The molecular weight excluding hydrogens is 385 g/mol. The second-order valence-corrected chi connectivity index (χ2v) is 8.08. The van der Waals surface area contributed by atoms with Gasteiger partial charge in [-0.2, -0.15) is 0 Å². The van der Waals surface area contributed by atoms with Crippen molar-refractivity contribution in [1.29, 1.82) is 0 Å². The molecule has 2 atom stereocenters. The molecule has 4 amide bonds. The number of hydrogen-bond acceptors (Lipinski definition) is 3. The van der Waals surface area contributed by atoms with Gasteiger partial charge in [0.05, 0.1) is 0 Å². The van der Waals surface area contributed by atoms with Crippen molar-refractivity contribution >= 4 is 23.5 Å². The van der Waals surface area contributed by atoms with Crippen molar-refractivity contribution in [2.45, 2.75) is 38.1 Å². The number of halogens is 1. The van der Waals surface area contributed by atoms with E-state index in [4.69, 9.17) is 0 Å². The Kier molecular flexibility index (Phi) is 5.28. The van der Waals surface area contributed by atoms with Crippen molar-refractivity contribution in [2.24, 2.45) is 5.92 Å². The minimum atomic E-state index is -0.882. The van der Waals surface area contributed by atoms with Crippen molar-refractivity contribution in [3.63, 3.8) is 0 Å². The van der Waals surface area contributed by atoms with Crippen LogP contribution in [0.25, 0.3) is 11.1 Å². The van der Waals surface area contributed by atoms with Gasteiger partial charge < -0.3 is 10.6 Å². The Hall–Kier alpha value is -3.22. The molecule has 4 rings (SSSR count). The highest BCUT2D eigenvalue weighted by molar-refractivity contribution is 6.10. The highest BCUT2D eigenvalue weighted by Crippen LogP contribution is 2.38. The van der Waals surface area contributed by atoms with Crippen molar-refractivity contribution in [3.05, 3.63) is 54.3 Å². The van der Waals surface area contributed by atoms with E-state index in [1.165, 1.54) is 12.1 Å². The molecule has 2 N–H and O–H groups in total. The summed E-state index contributed by atoms with van der Waals surface area (Å²) in [5, 5.41) is 5.58. The fraction of sp³-hybridized carbons (Fsp3) is 0.348. The number of carbonyl (C=O) groups excluding carboxylic acids is 3. The van der Waals surface area contributed by atoms with Crippen LogP contribution in [0.5, 0.6) is 0 Å². The molecule has 30 heavy (non-hydrogen) atoms. The number of nitrogens with one attached hydrogen (secondary N) is 2. The SMILES string of the molecule is C[C@@H]1CCCC[C@@]12NC(=O)N(CC(=O)Nc1cccc(-c3cccc(F)c3)c1)C2=O. The lowest BCUT2D eigenvalue weighted by atomic mass is 9.73. The lowest BCUT2D eigenvalue weighted by Gasteiger charge is -2.36. The molecule has 1 saturated heterocycles. The quantitative estimate of drug-likeness (QED) is 0.751. The van der Waals surface area contributed by atoms with Crippen molar-refractivity contribution < 1.29 is 18.8 Å². The lowest BCUT2D eigenvalue weighted by molar-refractivity contribution is -0.136. The first-order chi connectivity index (χ1) is 14.4. The molecule has 1 aliphatic heterocycles. The Morgan fingerprint density at radius 2 is 1.90 bits per heavy atom. The molecule has 0 bridgehead atoms. The third kappa shape index (κ3) is 3.67. The van der Waals surface area contributed by atoms with Gasteiger partial charge in [-0.1, -0.05) is 44.0 Å². The number of amides is 4. The number of benzene rings is 2. The zero-order chi connectivity index (χ0) is 21.3. The highest BCUT2D eigenvalue weighted by Gasteiger charge is 2.55. The van der Waals surface area contributed by atoms with Crippen LogP contribution in [0.15, 0.2) is 48.5 Å². The van der Waals surface area contributed by atoms with Crippen LogP contribution < -0.4 is 10.6 Å². The molecular formula is C23H24FN3O3. The van der Waals surface area contributed by atoms with E-state index in [2.05, 4.69) is 10.6 Å². The summed E-state index contributed by atoms with van der Waals surface area (Å²) >= 11 is 0. The summed E-state index contributed by atoms with van der Waals surface area (Å²) in [6.07, 6.45) is 3.39. The van der Waals surface area contributed by atoms with Gasteiger partial charge in [0, 0.05) is 5.69 Å². The first-order valence-corrected chi connectivity index (χ1v) is 10.2. The Morgan fingerprint density at radius 3 is 2.63 bits per heavy atom. The molecule has 0 radical (unpaired) electrons. The molecule has 1 heterocycles. The molecule has 2 aromatic carbocycles. The minimum Gasteiger partial charge on any atom is -0.325 e. The van der Waals surface area contributed by atoms with E-state index in [1.54, 1.807) is 30.3 Å². The number of nitrogens with zero attached hydrogens (tertiary/aromatic N) is 1. The monoisotopic (exact) mass is 409 g/mol. The van der Waals surface area contributed by atoms with E-state index in [0.717, 1.165) is 29.7 Å². The number of carbonyl (C=O) groups is 3. The first-order valence-electron chi connectivity index (χ1n) is 10.2. The average Bonchev–Trinajstić information content (AvgIpc) is 2.95. The fourth-order valence-corrected chi connectivity index (χ4v) is 4.43. The van der Waals surface area contributed by atoms with Gasteiger partial charge in [0.15, 0.2) is 0 Å². The van der Waals surface area contributed by atoms with E-state index < -0.39 is 17.5 Å². The molecule has 7 heteroatoms. The van der Waals surface area contributed by atoms with Gasteiger partial charge in [-0.15, -0.1) is 0 Å². The number of anilines is 1. The topological polar surface area (TPSA) is 78.5 Å². The van der Waals surface area contributed by atoms with E-state index in [0.29, 0.717) is 17.7 Å². The van der Waals surface area contributed by atoms with Crippen LogP contribution in [0.3, 0.4) is 0 Å². The summed E-state index contributed by atoms with van der Waals surface area (Å²) < 4.78 is 13.5. The van der Waals surface area contributed by atoms with E-state index >= 15 is 0 Å². The highest BCUT2D eigenvalue weighted by atomic mass is 19.1. The normalized spacial score (nSPS) is 23.5. The Balaban J connectivity index is 1.46. The molecule has 2 aromatic rings. The van der Waals surface area contributed by atoms with Gasteiger partial charge in [0.1, 0.15) is 17.9 Å². The summed E-state index contributed by atoms with van der Waals surface area (Å²) in [5.74, 6) is -1.08. The number of imide groups is 1. The van der Waals surface area contributed by atoms with Gasteiger partial charge >= 0.3 is 6.03 Å². The van der Waals surface area contributed by atoms with Crippen LogP contribution in [0.2, 0.25) is 0 Å². The van der Waals surface area contributed by atoms with Crippen LogP contribution in [0.4, 0.5) is 14.9 Å². The zero-order valence-electron chi connectivity index (χ0n) is 16.8. The summed E-state index contributed by atoms with van der Waals surface area (Å²) in [6.45, 7) is 1.63. The Labute approximate surface area is 174 Å². The fourth-order valence-electron chi connectivity index (χ4n) is 4.43. The number of hydrogen-bond donors (Lipinski definition) is 2. The maximum atomic E-state index is 13.5. The predicted octanol–water partition coefficient (Wildman–Crippen LogP) is 3.93. The summed E-state index contributed by atoms with van der Waals surface area (Å²) in [7, 11) is 0. The minimum absolute atomic E-state index is 0.0405. The molecule has 2 aliphatic rings. The maximum Gasteiger partial charge on any atom is 0.325 e. The average molecular weight is 409 g/mol. The largest absolute Gasteiger partial charge is 0.325 e. The van der Waals surface area contributed by atoms with Crippen LogP contribution in [-0.4, -0.2) is 34.8 Å². The molecule has 0 aromatic heterocycles. The molecule has 0 unspecified atom stereocenters. The van der Waals surface area contributed by atoms with E-state index in [9.17, 15) is 18.8 Å². The van der Waals surface area contributed by atoms with E-state index in [1.807, 2.05) is 13.0 Å². The van der Waals surface area contributed by atoms with Crippen LogP contribution in [0, 0.1) is 11.7 Å². The third-order valence-electron chi connectivity index (χ3n) is 6.11. The molecule has 1 saturated carbocycles. The molecule has 2 fully saturated rings. The van der Waals surface area contributed by atoms with Gasteiger partial charge in [-0.25, -0.2) is 9.18 Å². The lowest BCUT2D eigenvalue weighted by Crippen LogP contribution is -2.54. The number of urea groups is 1. The summed E-state index contributed by atoms with van der Waals surface area (Å²) in [5.41, 5.74) is 1.06. The molecule has 6 nitrogen and oxygen atoms in total. The van der Waals surface area contributed by atoms with Crippen LogP contribution in [-0.2, 0) is 9.59 Å². The predicted molar refractivity (Wildman–Crippen MR) is 111 cm³/mol. The van der Waals surface area contributed by atoms with Crippen molar-refractivity contribution in [1.82, 2.24) is 10.2 Å².